The van der Waals surface area contributed by atoms with E-state index in [9.17, 15) is 4.79 Å². The van der Waals surface area contributed by atoms with E-state index in [-0.39, 0.29) is 18.3 Å². The molecule has 0 radical (unpaired) electrons. The maximum absolute atomic E-state index is 12.0. The third kappa shape index (κ3) is 3.32. The van der Waals surface area contributed by atoms with Gasteiger partial charge in [0.05, 0.1) is 11.4 Å². The highest BCUT2D eigenvalue weighted by atomic mass is 35.5. The molecule has 0 fully saturated rings. The largest absolute Gasteiger partial charge is 0.293 e. The number of halogens is 2. The van der Waals surface area contributed by atoms with Crippen molar-refractivity contribution >= 4 is 40.7 Å². The summed E-state index contributed by atoms with van der Waals surface area (Å²) in [6.45, 7) is 0. The zero-order valence-electron chi connectivity index (χ0n) is 10.8. The lowest BCUT2D eigenvalue weighted by Gasteiger charge is -2.01. The summed E-state index contributed by atoms with van der Waals surface area (Å²) in [5.74, 6) is 0.0311. The van der Waals surface area contributed by atoms with Crippen LogP contribution in [0.1, 0.15) is 5.56 Å². The van der Waals surface area contributed by atoms with Gasteiger partial charge in [-0.3, -0.25) is 10.1 Å². The summed E-state index contributed by atoms with van der Waals surface area (Å²) >= 11 is 11.8. The number of hydrogen-bond donors (Lipinski definition) is 1. The number of nitrogens with zero attached hydrogens (tertiary/aromatic N) is 3. The van der Waals surface area contributed by atoms with E-state index in [1.54, 1.807) is 36.5 Å². The molecule has 2 aromatic heterocycles. The lowest BCUT2D eigenvalue weighted by molar-refractivity contribution is -0.115. The summed E-state index contributed by atoms with van der Waals surface area (Å²) in [5.41, 5.74) is 1.43. The fourth-order valence-electron chi connectivity index (χ4n) is 1.91. The molecule has 1 amide bonds. The first-order chi connectivity index (χ1) is 10.1. The van der Waals surface area contributed by atoms with E-state index in [4.69, 9.17) is 23.2 Å². The number of carbonyl (C=O) groups is 1. The smallest absolute Gasteiger partial charge is 0.249 e. The first kappa shape index (κ1) is 13.9. The summed E-state index contributed by atoms with van der Waals surface area (Å²) < 4.78 is 1.51. The number of aromatic nitrogens is 3. The van der Waals surface area contributed by atoms with Crippen molar-refractivity contribution in [2.45, 2.75) is 6.42 Å². The molecule has 0 saturated carbocycles. The maximum atomic E-state index is 12.0. The number of anilines is 1. The third-order valence-electron chi connectivity index (χ3n) is 2.80. The predicted molar refractivity (Wildman–Crippen MR) is 81.8 cm³/mol. The molecule has 0 unspecified atom stereocenters. The van der Waals surface area contributed by atoms with Gasteiger partial charge in [-0.15, -0.1) is 5.10 Å². The van der Waals surface area contributed by atoms with Crippen LogP contribution in [0.15, 0.2) is 42.6 Å². The summed E-state index contributed by atoms with van der Waals surface area (Å²) in [6, 6.07) is 10.6. The lowest BCUT2D eigenvalue weighted by atomic mass is 10.1. The first-order valence-corrected chi connectivity index (χ1v) is 6.92. The van der Waals surface area contributed by atoms with Crippen LogP contribution in [-0.2, 0) is 11.2 Å². The van der Waals surface area contributed by atoms with E-state index < -0.39 is 0 Å². The van der Waals surface area contributed by atoms with Crippen LogP contribution >= 0.6 is 23.2 Å². The van der Waals surface area contributed by atoms with Crippen molar-refractivity contribution < 1.29 is 4.79 Å². The fourth-order valence-corrected chi connectivity index (χ4v) is 2.28. The summed E-state index contributed by atoms with van der Waals surface area (Å²) in [5, 5.41) is 7.93. The molecule has 7 heteroatoms. The van der Waals surface area contributed by atoms with Crippen molar-refractivity contribution in [3.05, 3.63) is 58.2 Å². The average Bonchev–Trinajstić information content (AvgIpc) is 2.79. The number of pyridine rings is 1. The SMILES string of the molecule is O=C(Cc1cccc(Cl)c1)Nc1nc2ccc(Cl)cn2n1. The zero-order chi connectivity index (χ0) is 14.8. The minimum absolute atomic E-state index is 0.205. The molecule has 3 rings (SSSR count). The molecule has 0 aliphatic rings. The van der Waals surface area contributed by atoms with Crippen molar-refractivity contribution in [2.24, 2.45) is 0 Å². The number of carbonyl (C=O) groups excluding carboxylic acids is 1. The molecular formula is C14H10Cl2N4O. The van der Waals surface area contributed by atoms with Gasteiger partial charge < -0.3 is 0 Å². The average molecular weight is 321 g/mol. The maximum Gasteiger partial charge on any atom is 0.249 e. The van der Waals surface area contributed by atoms with Gasteiger partial charge in [-0.2, -0.15) is 4.98 Å². The predicted octanol–water partition coefficient (Wildman–Crippen LogP) is 3.22. The Hall–Kier alpha value is -2.11. The van der Waals surface area contributed by atoms with Crippen LogP contribution in [0.5, 0.6) is 0 Å². The van der Waals surface area contributed by atoms with E-state index in [2.05, 4.69) is 15.4 Å². The third-order valence-corrected chi connectivity index (χ3v) is 3.26. The quantitative estimate of drug-likeness (QED) is 0.806. The minimum Gasteiger partial charge on any atom is -0.293 e. The van der Waals surface area contributed by atoms with Crippen LogP contribution in [0, 0.1) is 0 Å². The number of fused-ring (bicyclic) bond motifs is 1. The Morgan fingerprint density at radius 3 is 2.86 bits per heavy atom. The monoisotopic (exact) mass is 320 g/mol. The van der Waals surface area contributed by atoms with Gasteiger partial charge in [0, 0.05) is 11.2 Å². The summed E-state index contributed by atoms with van der Waals surface area (Å²) in [6.07, 6.45) is 1.83. The van der Waals surface area contributed by atoms with Gasteiger partial charge in [0.1, 0.15) is 0 Å². The van der Waals surface area contributed by atoms with Crippen molar-refractivity contribution in [3.63, 3.8) is 0 Å². The highest BCUT2D eigenvalue weighted by molar-refractivity contribution is 6.30. The van der Waals surface area contributed by atoms with Gasteiger partial charge in [-0.05, 0) is 29.8 Å². The standard InChI is InChI=1S/C14H10Cl2N4O/c15-10-3-1-2-9(6-10)7-13(21)18-14-17-12-5-4-11(16)8-20(12)19-14/h1-6,8H,7H2,(H,18,19,21). The molecule has 1 aromatic carbocycles. The van der Waals surface area contributed by atoms with Crippen LogP contribution < -0.4 is 5.32 Å². The molecule has 0 atom stereocenters. The molecule has 0 bridgehead atoms. The van der Waals surface area contributed by atoms with Crippen LogP contribution in [0.4, 0.5) is 5.95 Å². The molecule has 0 saturated heterocycles. The van der Waals surface area contributed by atoms with Gasteiger partial charge in [0.15, 0.2) is 5.65 Å². The van der Waals surface area contributed by atoms with Gasteiger partial charge in [0.25, 0.3) is 0 Å². The Kier molecular flexibility index (Phi) is 3.77. The molecule has 0 aliphatic carbocycles. The first-order valence-electron chi connectivity index (χ1n) is 6.16. The molecular weight excluding hydrogens is 311 g/mol. The van der Waals surface area contributed by atoms with E-state index in [0.717, 1.165) is 5.56 Å². The Balaban J connectivity index is 1.74. The Morgan fingerprint density at radius 1 is 1.19 bits per heavy atom. The Morgan fingerprint density at radius 2 is 2.05 bits per heavy atom. The van der Waals surface area contributed by atoms with Crippen LogP contribution in [0.3, 0.4) is 0 Å². The van der Waals surface area contributed by atoms with E-state index in [0.29, 0.717) is 15.7 Å². The van der Waals surface area contributed by atoms with Gasteiger partial charge in [0.2, 0.25) is 11.9 Å². The fraction of sp³-hybridized carbons (Fsp3) is 0.0714. The lowest BCUT2D eigenvalue weighted by Crippen LogP contribution is -2.15. The second-order valence-corrected chi connectivity index (χ2v) is 5.31. The normalized spacial score (nSPS) is 10.8. The van der Waals surface area contributed by atoms with Gasteiger partial charge in [-0.25, -0.2) is 4.52 Å². The Labute approximate surface area is 130 Å². The molecule has 0 aliphatic heterocycles. The topological polar surface area (TPSA) is 59.3 Å². The highest BCUT2D eigenvalue weighted by Crippen LogP contribution is 2.13. The van der Waals surface area contributed by atoms with Crippen molar-refractivity contribution in [2.75, 3.05) is 5.32 Å². The van der Waals surface area contributed by atoms with Crippen LogP contribution in [0.25, 0.3) is 5.65 Å². The molecule has 1 N–H and O–H groups in total. The van der Waals surface area contributed by atoms with Crippen LogP contribution in [-0.4, -0.2) is 20.5 Å². The van der Waals surface area contributed by atoms with Crippen molar-refractivity contribution in [1.29, 1.82) is 0 Å². The number of rotatable bonds is 3. The zero-order valence-corrected chi connectivity index (χ0v) is 12.3. The number of hydrogen-bond acceptors (Lipinski definition) is 3. The van der Waals surface area contributed by atoms with E-state index in [1.165, 1.54) is 4.52 Å². The summed E-state index contributed by atoms with van der Waals surface area (Å²) in [7, 11) is 0. The van der Waals surface area contributed by atoms with Crippen molar-refractivity contribution in [1.82, 2.24) is 14.6 Å². The van der Waals surface area contributed by atoms with E-state index >= 15 is 0 Å². The Bertz CT molecular complexity index is 816. The van der Waals surface area contributed by atoms with Crippen LogP contribution in [0.2, 0.25) is 10.0 Å². The molecule has 3 aromatic rings. The second-order valence-electron chi connectivity index (χ2n) is 4.44. The molecule has 2 heterocycles. The minimum atomic E-state index is -0.209. The molecule has 5 nitrogen and oxygen atoms in total. The number of nitrogens with one attached hydrogen (secondary N) is 1. The van der Waals surface area contributed by atoms with E-state index in [1.807, 2.05) is 6.07 Å². The molecule has 106 valence electrons. The highest BCUT2D eigenvalue weighted by Gasteiger charge is 2.09. The molecule has 0 spiro atoms. The number of benzene rings is 1. The second kappa shape index (κ2) is 5.71. The van der Waals surface area contributed by atoms with Gasteiger partial charge >= 0.3 is 0 Å². The summed E-state index contributed by atoms with van der Waals surface area (Å²) in [4.78, 5) is 16.2. The number of amides is 1. The van der Waals surface area contributed by atoms with Crippen molar-refractivity contribution in [3.8, 4) is 0 Å². The molecule has 21 heavy (non-hydrogen) atoms. The van der Waals surface area contributed by atoms with Gasteiger partial charge in [-0.1, -0.05) is 35.3 Å².